The Labute approximate surface area is 215 Å². The molecule has 1 unspecified atom stereocenters. The smallest absolute Gasteiger partial charge is 0.261 e. The predicted molar refractivity (Wildman–Crippen MR) is 137 cm³/mol. The van der Waals surface area contributed by atoms with Gasteiger partial charge in [0.05, 0.1) is 22.8 Å². The summed E-state index contributed by atoms with van der Waals surface area (Å²) < 4.78 is 73.1. The van der Waals surface area contributed by atoms with E-state index < -0.39 is 31.8 Å². The molecule has 0 aromatic heterocycles. The van der Waals surface area contributed by atoms with E-state index in [2.05, 4.69) is 10.0 Å². The van der Waals surface area contributed by atoms with E-state index in [1.165, 1.54) is 59.9 Å². The summed E-state index contributed by atoms with van der Waals surface area (Å²) in [5.74, 6) is -0.859. The Morgan fingerprint density at radius 3 is 2.11 bits per heavy atom. The number of nitrogens with one attached hydrogen (secondary N) is 2. The Balaban J connectivity index is 1.40. The first-order valence-corrected chi connectivity index (χ1v) is 14.3. The minimum absolute atomic E-state index is 0.0360. The molecule has 1 saturated heterocycles. The molecule has 1 aliphatic heterocycles. The van der Waals surface area contributed by atoms with Gasteiger partial charge >= 0.3 is 0 Å². The van der Waals surface area contributed by atoms with Gasteiger partial charge in [-0.15, -0.1) is 0 Å². The van der Waals surface area contributed by atoms with Crippen LogP contribution < -0.4 is 14.8 Å². The SMILES string of the molecule is COc1ccc(S(=O)(=O)N2CCCC(C(=O)Nc3ccc(S(=O)(=O)Nc4ccc(F)cc4)cc3)C2)cc1. The second-order valence-electron chi connectivity index (χ2n) is 8.50. The summed E-state index contributed by atoms with van der Waals surface area (Å²) in [5.41, 5.74) is 0.589. The molecule has 37 heavy (non-hydrogen) atoms. The summed E-state index contributed by atoms with van der Waals surface area (Å²) in [4.78, 5) is 13.0. The summed E-state index contributed by atoms with van der Waals surface area (Å²) in [6, 6.07) is 16.6. The van der Waals surface area contributed by atoms with Gasteiger partial charge in [0, 0.05) is 24.5 Å². The monoisotopic (exact) mass is 547 g/mol. The highest BCUT2D eigenvalue weighted by Crippen LogP contribution is 2.26. The summed E-state index contributed by atoms with van der Waals surface area (Å²) in [6.45, 7) is 0.347. The molecular formula is C25H26FN3O6S2. The first-order valence-electron chi connectivity index (χ1n) is 11.4. The van der Waals surface area contributed by atoms with Gasteiger partial charge in [0.1, 0.15) is 11.6 Å². The topological polar surface area (TPSA) is 122 Å². The molecule has 1 atom stereocenters. The zero-order valence-electron chi connectivity index (χ0n) is 19.9. The molecule has 0 aliphatic carbocycles. The van der Waals surface area contributed by atoms with Crippen molar-refractivity contribution in [3.63, 3.8) is 0 Å². The number of ether oxygens (including phenoxy) is 1. The molecular weight excluding hydrogens is 521 g/mol. The lowest BCUT2D eigenvalue weighted by Crippen LogP contribution is -2.43. The third-order valence-corrected chi connectivity index (χ3v) is 9.26. The fourth-order valence-electron chi connectivity index (χ4n) is 3.97. The quantitative estimate of drug-likeness (QED) is 0.444. The lowest BCUT2D eigenvalue weighted by Gasteiger charge is -2.31. The van der Waals surface area contributed by atoms with Crippen molar-refractivity contribution in [2.24, 2.45) is 5.92 Å². The van der Waals surface area contributed by atoms with Crippen molar-refractivity contribution in [1.82, 2.24) is 4.31 Å². The van der Waals surface area contributed by atoms with Crippen LogP contribution >= 0.6 is 0 Å². The lowest BCUT2D eigenvalue weighted by atomic mass is 9.99. The van der Waals surface area contributed by atoms with E-state index in [4.69, 9.17) is 4.74 Å². The van der Waals surface area contributed by atoms with E-state index in [9.17, 15) is 26.0 Å². The fraction of sp³-hybridized carbons (Fsp3) is 0.240. The molecule has 196 valence electrons. The number of carbonyl (C=O) groups is 1. The molecule has 3 aromatic carbocycles. The normalized spacial score (nSPS) is 16.6. The Morgan fingerprint density at radius 2 is 1.49 bits per heavy atom. The zero-order chi connectivity index (χ0) is 26.6. The van der Waals surface area contributed by atoms with Crippen molar-refractivity contribution in [2.45, 2.75) is 22.6 Å². The zero-order valence-corrected chi connectivity index (χ0v) is 21.6. The van der Waals surface area contributed by atoms with Crippen LogP contribution in [0.5, 0.6) is 5.75 Å². The highest BCUT2D eigenvalue weighted by Gasteiger charge is 2.33. The molecule has 9 nitrogen and oxygen atoms in total. The van der Waals surface area contributed by atoms with Gasteiger partial charge in [0.25, 0.3) is 10.0 Å². The summed E-state index contributed by atoms with van der Waals surface area (Å²) >= 11 is 0. The van der Waals surface area contributed by atoms with Crippen molar-refractivity contribution < 1.29 is 30.8 Å². The molecule has 2 N–H and O–H groups in total. The molecule has 4 rings (SSSR count). The summed E-state index contributed by atoms with van der Waals surface area (Å²) in [6.07, 6.45) is 1.05. The van der Waals surface area contributed by atoms with E-state index in [1.54, 1.807) is 12.1 Å². The van der Waals surface area contributed by atoms with Gasteiger partial charge in [0.2, 0.25) is 15.9 Å². The second kappa shape index (κ2) is 10.9. The highest BCUT2D eigenvalue weighted by molar-refractivity contribution is 7.92. The molecule has 0 radical (unpaired) electrons. The molecule has 0 saturated carbocycles. The van der Waals surface area contributed by atoms with Gasteiger partial charge in [-0.3, -0.25) is 9.52 Å². The number of hydrogen-bond donors (Lipinski definition) is 2. The van der Waals surface area contributed by atoms with E-state index in [0.29, 0.717) is 30.8 Å². The van der Waals surface area contributed by atoms with Gasteiger partial charge in [-0.05, 0) is 85.6 Å². The van der Waals surface area contributed by atoms with Crippen molar-refractivity contribution in [3.8, 4) is 5.75 Å². The minimum Gasteiger partial charge on any atom is -0.497 e. The molecule has 3 aromatic rings. The number of nitrogens with zero attached hydrogens (tertiary/aromatic N) is 1. The standard InChI is InChI=1S/C25H26FN3O6S2/c1-35-22-10-14-24(15-11-22)37(33,34)29-16-2-3-18(17-29)25(30)27-20-8-12-23(13-9-20)36(31,32)28-21-6-4-19(26)5-7-21/h4-15,18,28H,2-3,16-17H2,1H3,(H,27,30). The molecule has 12 heteroatoms. The van der Waals surface area contributed by atoms with Gasteiger partial charge in [-0.1, -0.05) is 0 Å². The van der Waals surface area contributed by atoms with Crippen LogP contribution in [0.4, 0.5) is 15.8 Å². The Hall–Kier alpha value is -3.48. The number of anilines is 2. The molecule has 0 spiro atoms. The Morgan fingerprint density at radius 1 is 0.892 bits per heavy atom. The first kappa shape index (κ1) is 26.6. The molecule has 0 bridgehead atoms. The van der Waals surface area contributed by atoms with Crippen LogP contribution in [0.15, 0.2) is 82.6 Å². The minimum atomic E-state index is -3.91. The Kier molecular flexibility index (Phi) is 7.81. The van der Waals surface area contributed by atoms with E-state index in [-0.39, 0.29) is 27.9 Å². The van der Waals surface area contributed by atoms with Gasteiger partial charge in [-0.2, -0.15) is 4.31 Å². The van der Waals surface area contributed by atoms with Crippen LogP contribution in [0, 0.1) is 11.7 Å². The van der Waals surface area contributed by atoms with E-state index >= 15 is 0 Å². The maximum Gasteiger partial charge on any atom is 0.261 e. The summed E-state index contributed by atoms with van der Waals surface area (Å²) in [7, 11) is -6.19. The average Bonchev–Trinajstić information content (AvgIpc) is 2.90. The largest absolute Gasteiger partial charge is 0.497 e. The van der Waals surface area contributed by atoms with Crippen molar-refractivity contribution in [2.75, 3.05) is 30.2 Å². The number of methoxy groups -OCH3 is 1. The van der Waals surface area contributed by atoms with Crippen molar-refractivity contribution in [1.29, 1.82) is 0 Å². The maximum atomic E-state index is 13.1. The highest BCUT2D eigenvalue weighted by atomic mass is 32.2. The number of benzene rings is 3. The van der Waals surface area contributed by atoms with E-state index in [0.717, 1.165) is 12.1 Å². The van der Waals surface area contributed by atoms with E-state index in [1.807, 2.05) is 0 Å². The Bertz CT molecular complexity index is 1460. The average molecular weight is 548 g/mol. The fourth-order valence-corrected chi connectivity index (χ4v) is 6.55. The van der Waals surface area contributed by atoms with Crippen molar-refractivity contribution >= 4 is 37.3 Å². The van der Waals surface area contributed by atoms with Crippen LogP contribution in [0.2, 0.25) is 0 Å². The third kappa shape index (κ3) is 6.27. The van der Waals surface area contributed by atoms with Crippen LogP contribution in [0.25, 0.3) is 0 Å². The molecule has 1 amide bonds. The van der Waals surface area contributed by atoms with Gasteiger partial charge < -0.3 is 10.1 Å². The number of halogens is 1. The van der Waals surface area contributed by atoms with Gasteiger partial charge in [0.15, 0.2) is 0 Å². The van der Waals surface area contributed by atoms with Crippen LogP contribution in [0.3, 0.4) is 0 Å². The van der Waals surface area contributed by atoms with Gasteiger partial charge in [-0.25, -0.2) is 21.2 Å². The molecule has 1 heterocycles. The number of sulfonamides is 2. The number of carbonyl (C=O) groups excluding carboxylic acids is 1. The summed E-state index contributed by atoms with van der Waals surface area (Å²) in [5, 5.41) is 2.74. The maximum absolute atomic E-state index is 13.1. The van der Waals surface area contributed by atoms with Crippen LogP contribution in [-0.4, -0.2) is 47.2 Å². The van der Waals surface area contributed by atoms with Crippen LogP contribution in [0.1, 0.15) is 12.8 Å². The number of rotatable bonds is 8. The number of hydrogen-bond acceptors (Lipinski definition) is 6. The third-order valence-electron chi connectivity index (χ3n) is 5.98. The predicted octanol–water partition coefficient (Wildman–Crippen LogP) is 3.67. The lowest BCUT2D eigenvalue weighted by molar-refractivity contribution is -0.120. The second-order valence-corrected chi connectivity index (χ2v) is 12.1. The first-order chi connectivity index (χ1) is 17.6. The molecule has 1 fully saturated rings. The number of piperidine rings is 1. The van der Waals surface area contributed by atoms with Crippen LogP contribution in [-0.2, 0) is 24.8 Å². The van der Waals surface area contributed by atoms with Crippen molar-refractivity contribution in [3.05, 3.63) is 78.6 Å². The number of amides is 1. The molecule has 1 aliphatic rings.